The molecule has 0 radical (unpaired) electrons. The van der Waals surface area contributed by atoms with Crippen molar-refractivity contribution >= 4 is 5.91 Å². The summed E-state index contributed by atoms with van der Waals surface area (Å²) in [4.78, 5) is 17.7. The fraction of sp³-hybridized carbons (Fsp3) is 0.633. The van der Waals surface area contributed by atoms with E-state index in [0.29, 0.717) is 19.1 Å². The maximum Gasteiger partial charge on any atom is 0.257 e. The Balaban J connectivity index is 1.33. The number of rotatable bonds is 4. The van der Waals surface area contributed by atoms with Crippen molar-refractivity contribution in [2.45, 2.75) is 89.5 Å². The lowest BCUT2D eigenvalue weighted by Crippen LogP contribution is -2.47. The van der Waals surface area contributed by atoms with Crippen LogP contribution in [0.3, 0.4) is 0 Å². The number of nitrogens with one attached hydrogen (secondary N) is 1. The number of hydrogen-bond donors (Lipinski definition) is 1. The summed E-state index contributed by atoms with van der Waals surface area (Å²) in [7, 11) is 4.16. The minimum absolute atomic E-state index is 0.00993. The highest BCUT2D eigenvalue weighted by atomic mass is 19.1. The van der Waals surface area contributed by atoms with E-state index in [0.717, 1.165) is 55.4 Å². The molecular formula is C30H39F2N3O3. The largest absolute Gasteiger partial charge is 0.445 e. The highest BCUT2D eigenvalue weighted by molar-refractivity contribution is 5.99. The molecule has 1 aromatic rings. The molecule has 2 aliphatic carbocycles. The summed E-state index contributed by atoms with van der Waals surface area (Å²) in [6, 6.07) is 0.545. The van der Waals surface area contributed by atoms with Crippen molar-refractivity contribution in [3.05, 3.63) is 45.7 Å². The first kappa shape index (κ1) is 25.7. The molecule has 1 aromatic carbocycles. The molecular weight excluding hydrogens is 488 g/mol. The van der Waals surface area contributed by atoms with Crippen LogP contribution in [0.15, 0.2) is 22.9 Å². The molecule has 38 heavy (non-hydrogen) atoms. The van der Waals surface area contributed by atoms with Gasteiger partial charge in [-0.3, -0.25) is 4.79 Å². The summed E-state index contributed by atoms with van der Waals surface area (Å²) in [6.45, 7) is 8.67. The van der Waals surface area contributed by atoms with E-state index in [1.54, 1.807) is 11.8 Å². The zero-order valence-electron chi connectivity index (χ0n) is 23.3. The number of fused-ring (bicyclic) bond motifs is 3. The maximum absolute atomic E-state index is 16.2. The summed E-state index contributed by atoms with van der Waals surface area (Å²) in [5, 5.41) is 3.42. The number of carbonyl (C=O) groups is 1. The second-order valence-electron chi connectivity index (χ2n) is 12.6. The van der Waals surface area contributed by atoms with Gasteiger partial charge in [0.25, 0.3) is 11.7 Å². The average molecular weight is 528 g/mol. The molecule has 8 heteroatoms. The minimum Gasteiger partial charge on any atom is -0.445 e. The van der Waals surface area contributed by atoms with Crippen molar-refractivity contribution in [1.29, 1.82) is 0 Å². The van der Waals surface area contributed by atoms with E-state index in [2.05, 4.69) is 37.3 Å². The van der Waals surface area contributed by atoms with E-state index in [1.165, 1.54) is 0 Å². The first-order chi connectivity index (χ1) is 17.9. The number of benzene rings is 1. The lowest BCUT2D eigenvalue weighted by molar-refractivity contribution is -0.125. The number of carbonyl (C=O) groups excluding carboxylic acids is 1. The van der Waals surface area contributed by atoms with Gasteiger partial charge in [-0.15, -0.1) is 0 Å². The molecule has 2 fully saturated rings. The number of hydrogen-bond acceptors (Lipinski definition) is 5. The van der Waals surface area contributed by atoms with Crippen LogP contribution in [0.1, 0.15) is 82.1 Å². The van der Waals surface area contributed by atoms with Gasteiger partial charge in [0.05, 0.1) is 5.56 Å². The van der Waals surface area contributed by atoms with Crippen molar-refractivity contribution in [3.63, 3.8) is 0 Å². The van der Waals surface area contributed by atoms with E-state index in [1.807, 2.05) is 13.8 Å². The monoisotopic (exact) mass is 527 g/mol. The second-order valence-corrected chi connectivity index (χ2v) is 12.6. The molecule has 2 saturated carbocycles. The van der Waals surface area contributed by atoms with Crippen LogP contribution in [0.25, 0.3) is 0 Å². The van der Waals surface area contributed by atoms with Gasteiger partial charge in [-0.05, 0) is 90.6 Å². The SMILES string of the molecule is CC1=CC(C)=C(CN2CC3(CC3)c3c(F)c4c(c(F)c3C2=O)O[C@@](C)(C2CCC(N(C)C)CC2)O4)C(C)N1. The van der Waals surface area contributed by atoms with E-state index >= 15 is 8.78 Å². The lowest BCUT2D eigenvalue weighted by Gasteiger charge is -2.38. The first-order valence-corrected chi connectivity index (χ1v) is 14.0. The zero-order chi connectivity index (χ0) is 27.1. The Labute approximate surface area is 224 Å². The smallest absolute Gasteiger partial charge is 0.257 e. The summed E-state index contributed by atoms with van der Waals surface area (Å²) >= 11 is 0. The van der Waals surface area contributed by atoms with E-state index in [-0.39, 0.29) is 34.6 Å². The molecule has 206 valence electrons. The molecule has 1 spiro atoms. The Bertz CT molecular complexity index is 1260. The Kier molecular flexibility index (Phi) is 5.87. The van der Waals surface area contributed by atoms with Gasteiger partial charge in [-0.2, -0.15) is 0 Å². The summed E-state index contributed by atoms with van der Waals surface area (Å²) in [5.74, 6) is -3.41. The van der Waals surface area contributed by atoms with Crippen LogP contribution in [0.2, 0.25) is 0 Å². The van der Waals surface area contributed by atoms with E-state index in [4.69, 9.17) is 9.47 Å². The molecule has 0 aromatic heterocycles. The van der Waals surface area contributed by atoms with Crippen LogP contribution in [0, 0.1) is 17.6 Å². The number of dihydropyridines is 1. The summed E-state index contributed by atoms with van der Waals surface area (Å²) in [5.41, 5.74) is 2.72. The normalized spacial score (nSPS) is 31.5. The molecule has 1 N–H and O–H groups in total. The number of ether oxygens (including phenoxy) is 2. The molecule has 3 aliphatic heterocycles. The molecule has 3 heterocycles. The molecule has 2 atom stereocenters. The minimum atomic E-state index is -1.15. The van der Waals surface area contributed by atoms with Crippen molar-refractivity contribution in [3.8, 4) is 11.5 Å². The Morgan fingerprint density at radius 2 is 1.71 bits per heavy atom. The zero-order valence-corrected chi connectivity index (χ0v) is 23.3. The third-order valence-electron chi connectivity index (χ3n) is 9.72. The summed E-state index contributed by atoms with van der Waals surface area (Å²) in [6.07, 6.45) is 7.16. The first-order valence-electron chi connectivity index (χ1n) is 14.0. The molecule has 6 rings (SSSR count). The van der Waals surface area contributed by atoms with Crippen LogP contribution in [0.5, 0.6) is 11.5 Å². The average Bonchev–Trinajstić information content (AvgIpc) is 3.53. The topological polar surface area (TPSA) is 54.0 Å². The van der Waals surface area contributed by atoms with Crippen LogP contribution in [0.4, 0.5) is 8.78 Å². The van der Waals surface area contributed by atoms with Crippen molar-refractivity contribution in [2.75, 3.05) is 27.2 Å². The number of halogens is 2. The summed E-state index contributed by atoms with van der Waals surface area (Å²) < 4.78 is 44.7. The fourth-order valence-corrected chi connectivity index (χ4v) is 7.29. The van der Waals surface area contributed by atoms with Gasteiger partial charge < -0.3 is 24.6 Å². The van der Waals surface area contributed by atoms with Gasteiger partial charge in [0.2, 0.25) is 11.5 Å². The van der Waals surface area contributed by atoms with Gasteiger partial charge in [-0.25, -0.2) is 8.78 Å². The van der Waals surface area contributed by atoms with Crippen LogP contribution in [-0.4, -0.2) is 60.8 Å². The quantitative estimate of drug-likeness (QED) is 0.578. The van der Waals surface area contributed by atoms with Gasteiger partial charge in [0.1, 0.15) is 0 Å². The lowest BCUT2D eigenvalue weighted by atomic mass is 9.81. The Hall–Kier alpha value is -2.61. The number of nitrogens with zero attached hydrogens (tertiary/aromatic N) is 2. The Morgan fingerprint density at radius 3 is 2.29 bits per heavy atom. The van der Waals surface area contributed by atoms with Crippen LogP contribution < -0.4 is 14.8 Å². The highest BCUT2D eigenvalue weighted by Gasteiger charge is 2.58. The maximum atomic E-state index is 16.2. The molecule has 1 unspecified atom stereocenters. The van der Waals surface area contributed by atoms with Crippen molar-refractivity contribution < 1.29 is 23.0 Å². The second kappa shape index (κ2) is 8.70. The third kappa shape index (κ3) is 3.85. The number of amides is 1. The number of allylic oxidation sites excluding steroid dienone is 3. The van der Waals surface area contributed by atoms with Gasteiger partial charge in [0, 0.05) is 54.7 Å². The predicted molar refractivity (Wildman–Crippen MR) is 141 cm³/mol. The third-order valence-corrected chi connectivity index (χ3v) is 9.72. The van der Waals surface area contributed by atoms with Crippen molar-refractivity contribution in [1.82, 2.24) is 15.1 Å². The molecule has 1 amide bonds. The van der Waals surface area contributed by atoms with Gasteiger partial charge in [0.15, 0.2) is 11.6 Å². The van der Waals surface area contributed by atoms with Gasteiger partial charge >= 0.3 is 0 Å². The van der Waals surface area contributed by atoms with Gasteiger partial charge in [-0.1, -0.05) is 0 Å². The molecule has 0 bridgehead atoms. The standard InChI is InChI=1S/C30H39F2N3O3/c1-16-13-17(2)33-18(3)21(16)14-35-15-30(11-12-30)23-22(28(35)36)24(31)26-27(25(23)32)38-29(4,37-26)19-7-9-20(10-8-19)34(5)6/h13,18-20,33H,7-12,14-15H2,1-6H3/t18?,19?,20?,29-/m1/s1. The molecule has 6 nitrogen and oxygen atoms in total. The van der Waals surface area contributed by atoms with E-state index in [9.17, 15) is 4.79 Å². The predicted octanol–water partition coefficient (Wildman–Crippen LogP) is 5.27. The van der Waals surface area contributed by atoms with Crippen LogP contribution in [-0.2, 0) is 5.41 Å². The highest BCUT2D eigenvalue weighted by Crippen LogP contribution is 2.59. The van der Waals surface area contributed by atoms with E-state index < -0.39 is 28.7 Å². The van der Waals surface area contributed by atoms with Crippen LogP contribution >= 0.6 is 0 Å². The molecule has 5 aliphatic rings. The molecule has 0 saturated heterocycles. The van der Waals surface area contributed by atoms with Crippen molar-refractivity contribution in [2.24, 2.45) is 5.92 Å². The fourth-order valence-electron chi connectivity index (χ4n) is 7.29. The Morgan fingerprint density at radius 1 is 1.08 bits per heavy atom.